The van der Waals surface area contributed by atoms with Crippen LogP contribution in [0.4, 0.5) is 4.39 Å². The first kappa shape index (κ1) is 8.63. The number of hydrogen-bond donors (Lipinski definition) is 1. The standard InChI is InChI=1S/C10H13FN2/c11-9-8(2-1-7-13-9)10(3-4-10)5-6-12/h1-2,7H,3-6,12H2. The van der Waals surface area contributed by atoms with E-state index in [0.717, 1.165) is 24.8 Å². The van der Waals surface area contributed by atoms with Crippen molar-refractivity contribution in [1.82, 2.24) is 4.98 Å². The summed E-state index contributed by atoms with van der Waals surface area (Å²) in [6, 6.07) is 3.61. The number of hydrogen-bond acceptors (Lipinski definition) is 2. The van der Waals surface area contributed by atoms with Crippen LogP contribution in [0.1, 0.15) is 24.8 Å². The largest absolute Gasteiger partial charge is 0.330 e. The van der Waals surface area contributed by atoms with Crippen LogP contribution in [0.2, 0.25) is 0 Å². The Hall–Kier alpha value is -0.960. The molecule has 13 heavy (non-hydrogen) atoms. The smallest absolute Gasteiger partial charge is 0.216 e. The highest BCUT2D eigenvalue weighted by molar-refractivity contribution is 5.29. The molecule has 2 rings (SSSR count). The Kier molecular flexibility index (Phi) is 2.04. The van der Waals surface area contributed by atoms with Crippen LogP contribution in [0.3, 0.4) is 0 Å². The highest BCUT2D eigenvalue weighted by Crippen LogP contribution is 2.51. The monoisotopic (exact) mass is 180 g/mol. The van der Waals surface area contributed by atoms with Crippen LogP contribution in [0.5, 0.6) is 0 Å². The van der Waals surface area contributed by atoms with Crippen molar-refractivity contribution in [3.8, 4) is 0 Å². The molecule has 2 N–H and O–H groups in total. The molecule has 70 valence electrons. The molecule has 0 unspecified atom stereocenters. The number of halogens is 1. The van der Waals surface area contributed by atoms with Gasteiger partial charge >= 0.3 is 0 Å². The van der Waals surface area contributed by atoms with Crippen molar-refractivity contribution in [3.05, 3.63) is 29.8 Å². The van der Waals surface area contributed by atoms with E-state index < -0.39 is 0 Å². The second kappa shape index (κ2) is 3.07. The number of pyridine rings is 1. The topological polar surface area (TPSA) is 38.9 Å². The molecule has 0 saturated heterocycles. The van der Waals surface area contributed by atoms with E-state index in [9.17, 15) is 4.39 Å². The minimum Gasteiger partial charge on any atom is -0.330 e. The molecule has 0 aliphatic heterocycles. The summed E-state index contributed by atoms with van der Waals surface area (Å²) in [4.78, 5) is 3.66. The molecule has 1 aromatic heterocycles. The molecule has 0 aromatic carbocycles. The summed E-state index contributed by atoms with van der Waals surface area (Å²) in [5.41, 5.74) is 6.27. The maximum absolute atomic E-state index is 13.3. The second-order valence-corrected chi connectivity index (χ2v) is 3.66. The highest BCUT2D eigenvalue weighted by atomic mass is 19.1. The zero-order valence-corrected chi connectivity index (χ0v) is 7.46. The zero-order chi connectivity index (χ0) is 9.31. The predicted octanol–water partition coefficient (Wildman–Crippen LogP) is 1.60. The molecule has 0 bridgehead atoms. The molecule has 1 saturated carbocycles. The third-order valence-electron chi connectivity index (χ3n) is 2.81. The second-order valence-electron chi connectivity index (χ2n) is 3.66. The van der Waals surface area contributed by atoms with Gasteiger partial charge in [0, 0.05) is 17.2 Å². The third-order valence-corrected chi connectivity index (χ3v) is 2.81. The summed E-state index contributed by atoms with van der Waals surface area (Å²) >= 11 is 0. The average Bonchev–Trinajstić information content (AvgIpc) is 2.87. The van der Waals surface area contributed by atoms with Gasteiger partial charge in [-0.2, -0.15) is 4.39 Å². The molecule has 1 fully saturated rings. The summed E-state index contributed by atoms with van der Waals surface area (Å²) in [6.45, 7) is 0.619. The Morgan fingerprint density at radius 2 is 2.31 bits per heavy atom. The van der Waals surface area contributed by atoms with Crippen molar-refractivity contribution in [1.29, 1.82) is 0 Å². The van der Waals surface area contributed by atoms with E-state index in [0.29, 0.717) is 6.54 Å². The van der Waals surface area contributed by atoms with Crippen molar-refractivity contribution < 1.29 is 4.39 Å². The van der Waals surface area contributed by atoms with Gasteiger partial charge in [0.05, 0.1) is 0 Å². The third kappa shape index (κ3) is 1.44. The normalized spacial score (nSPS) is 18.6. The fourth-order valence-corrected chi connectivity index (χ4v) is 1.86. The van der Waals surface area contributed by atoms with Crippen molar-refractivity contribution in [3.63, 3.8) is 0 Å². The first-order valence-corrected chi connectivity index (χ1v) is 4.60. The number of nitrogens with zero attached hydrogens (tertiary/aromatic N) is 1. The van der Waals surface area contributed by atoms with Gasteiger partial charge in [0.1, 0.15) is 0 Å². The van der Waals surface area contributed by atoms with Crippen LogP contribution in [-0.4, -0.2) is 11.5 Å². The summed E-state index contributed by atoms with van der Waals surface area (Å²) in [6.07, 6.45) is 4.45. The molecule has 3 heteroatoms. The molecule has 0 radical (unpaired) electrons. The molecule has 1 aliphatic rings. The molecule has 0 atom stereocenters. The molecule has 1 aromatic rings. The Morgan fingerprint density at radius 3 is 2.85 bits per heavy atom. The Morgan fingerprint density at radius 1 is 1.54 bits per heavy atom. The number of aromatic nitrogens is 1. The first-order valence-electron chi connectivity index (χ1n) is 4.60. The van der Waals surface area contributed by atoms with Gasteiger partial charge in [-0.15, -0.1) is 0 Å². The molecule has 1 aliphatic carbocycles. The average molecular weight is 180 g/mol. The Labute approximate surface area is 77.0 Å². The van der Waals surface area contributed by atoms with E-state index in [1.165, 1.54) is 6.20 Å². The maximum Gasteiger partial charge on any atom is 0.216 e. The van der Waals surface area contributed by atoms with Crippen LogP contribution in [0, 0.1) is 5.95 Å². The lowest BCUT2D eigenvalue weighted by Crippen LogP contribution is -2.15. The van der Waals surface area contributed by atoms with Gasteiger partial charge in [-0.25, -0.2) is 4.98 Å². The van der Waals surface area contributed by atoms with Gasteiger partial charge in [-0.1, -0.05) is 6.07 Å². The quantitative estimate of drug-likeness (QED) is 0.717. The van der Waals surface area contributed by atoms with E-state index in [1.807, 2.05) is 6.07 Å². The summed E-state index contributed by atoms with van der Waals surface area (Å²) < 4.78 is 13.3. The van der Waals surface area contributed by atoms with Gasteiger partial charge in [-0.05, 0) is 31.9 Å². The predicted molar refractivity (Wildman–Crippen MR) is 48.8 cm³/mol. The van der Waals surface area contributed by atoms with E-state index in [1.54, 1.807) is 6.07 Å². The highest BCUT2D eigenvalue weighted by Gasteiger charge is 2.45. The lowest BCUT2D eigenvalue weighted by atomic mass is 9.94. The fourth-order valence-electron chi connectivity index (χ4n) is 1.86. The van der Waals surface area contributed by atoms with E-state index in [4.69, 9.17) is 5.73 Å². The lowest BCUT2D eigenvalue weighted by Gasteiger charge is -2.13. The molecule has 0 amide bonds. The first-order chi connectivity index (χ1) is 6.28. The minimum atomic E-state index is -0.326. The molecule has 1 heterocycles. The molecule has 2 nitrogen and oxygen atoms in total. The van der Waals surface area contributed by atoms with Crippen molar-refractivity contribution in [2.75, 3.05) is 6.54 Å². The van der Waals surface area contributed by atoms with Crippen molar-refractivity contribution in [2.45, 2.75) is 24.7 Å². The number of rotatable bonds is 3. The lowest BCUT2D eigenvalue weighted by molar-refractivity contribution is 0.521. The van der Waals surface area contributed by atoms with Gasteiger partial charge in [0.2, 0.25) is 5.95 Å². The molecule has 0 spiro atoms. The molecular weight excluding hydrogens is 167 g/mol. The van der Waals surface area contributed by atoms with Gasteiger partial charge < -0.3 is 5.73 Å². The van der Waals surface area contributed by atoms with Crippen LogP contribution < -0.4 is 5.73 Å². The molecular formula is C10H13FN2. The van der Waals surface area contributed by atoms with Crippen molar-refractivity contribution in [2.24, 2.45) is 5.73 Å². The van der Waals surface area contributed by atoms with Gasteiger partial charge in [-0.3, -0.25) is 0 Å². The maximum atomic E-state index is 13.3. The number of nitrogens with two attached hydrogens (primary N) is 1. The van der Waals surface area contributed by atoms with Gasteiger partial charge in [0.15, 0.2) is 0 Å². The van der Waals surface area contributed by atoms with Gasteiger partial charge in [0.25, 0.3) is 0 Å². The van der Waals surface area contributed by atoms with Crippen molar-refractivity contribution >= 4 is 0 Å². The Balaban J connectivity index is 2.30. The van der Waals surface area contributed by atoms with E-state index in [2.05, 4.69) is 4.98 Å². The van der Waals surface area contributed by atoms with Crippen LogP contribution >= 0.6 is 0 Å². The zero-order valence-electron chi connectivity index (χ0n) is 7.46. The van der Waals surface area contributed by atoms with Crippen LogP contribution in [0.15, 0.2) is 18.3 Å². The summed E-state index contributed by atoms with van der Waals surface area (Å²) in [5.74, 6) is -0.326. The van der Waals surface area contributed by atoms with E-state index in [-0.39, 0.29) is 11.4 Å². The minimum absolute atomic E-state index is 0.0209. The van der Waals surface area contributed by atoms with Crippen LogP contribution in [-0.2, 0) is 5.41 Å². The summed E-state index contributed by atoms with van der Waals surface area (Å²) in [7, 11) is 0. The van der Waals surface area contributed by atoms with Crippen LogP contribution in [0.25, 0.3) is 0 Å². The van der Waals surface area contributed by atoms with E-state index >= 15 is 0 Å². The summed E-state index contributed by atoms with van der Waals surface area (Å²) in [5, 5.41) is 0. The Bertz CT molecular complexity index is 308. The SMILES string of the molecule is NCCC1(c2cccnc2F)CC1. The fraction of sp³-hybridized carbons (Fsp3) is 0.500.